The number of hydrogen-bond donors (Lipinski definition) is 2. The number of sulfonamides is 1. The van der Waals surface area contributed by atoms with E-state index in [2.05, 4.69) is 4.72 Å². The van der Waals surface area contributed by atoms with E-state index in [-0.39, 0.29) is 4.90 Å². The number of nitrogens with two attached hydrogens (primary N) is 1. The van der Waals surface area contributed by atoms with Crippen molar-refractivity contribution in [2.45, 2.75) is 25.7 Å². The lowest BCUT2D eigenvalue weighted by atomic mass is 10.2. The lowest BCUT2D eigenvalue weighted by Gasteiger charge is -2.12. The smallest absolute Gasteiger partial charge is 0.240 e. The predicted molar refractivity (Wildman–Crippen MR) is 72.0 cm³/mol. The molecule has 0 unspecified atom stereocenters. The summed E-state index contributed by atoms with van der Waals surface area (Å²) >= 11 is 0. The summed E-state index contributed by atoms with van der Waals surface area (Å²) in [6, 6.07) is 4.46. The van der Waals surface area contributed by atoms with E-state index in [1.165, 1.54) is 12.1 Å². The molecule has 0 saturated heterocycles. The number of rotatable bonds is 6. The van der Waals surface area contributed by atoms with Crippen LogP contribution in [0.2, 0.25) is 0 Å². The van der Waals surface area contributed by atoms with Crippen LogP contribution >= 0.6 is 0 Å². The number of nitrogens with one attached hydrogen (secondary N) is 1. The maximum absolute atomic E-state index is 11.8. The van der Waals surface area contributed by atoms with Crippen LogP contribution in [-0.4, -0.2) is 21.6 Å². The lowest BCUT2D eigenvalue weighted by molar-refractivity contribution is 0.272. The molecule has 0 aliphatic heterocycles. The van der Waals surface area contributed by atoms with E-state index in [0.29, 0.717) is 30.5 Å². The van der Waals surface area contributed by atoms with Gasteiger partial charge >= 0.3 is 0 Å². The van der Waals surface area contributed by atoms with Gasteiger partial charge in [0.15, 0.2) is 0 Å². The molecule has 0 aliphatic rings. The third-order valence-corrected chi connectivity index (χ3v) is 3.75. The van der Waals surface area contributed by atoms with Gasteiger partial charge in [0.2, 0.25) is 10.0 Å². The van der Waals surface area contributed by atoms with Gasteiger partial charge in [-0.1, -0.05) is 20.8 Å². The van der Waals surface area contributed by atoms with Crippen molar-refractivity contribution in [3.63, 3.8) is 0 Å². The highest BCUT2D eigenvalue weighted by Gasteiger charge is 2.15. The summed E-state index contributed by atoms with van der Waals surface area (Å²) in [5.74, 6) is 0.751. The van der Waals surface area contributed by atoms with Crippen LogP contribution in [-0.2, 0) is 10.0 Å². The summed E-state index contributed by atoms with van der Waals surface area (Å²) in [6.45, 7) is 6.58. The number of nitrogen functional groups attached to an aromatic ring is 1. The fourth-order valence-corrected chi connectivity index (χ4v) is 2.39. The van der Waals surface area contributed by atoms with Crippen molar-refractivity contribution in [2.24, 2.45) is 5.92 Å². The Morgan fingerprint density at radius 2 is 2.06 bits per heavy atom. The molecule has 0 spiro atoms. The van der Waals surface area contributed by atoms with Crippen LogP contribution in [0.15, 0.2) is 23.1 Å². The van der Waals surface area contributed by atoms with E-state index in [4.69, 9.17) is 10.5 Å². The summed E-state index contributed by atoms with van der Waals surface area (Å²) in [4.78, 5) is 0.164. The Morgan fingerprint density at radius 3 is 2.61 bits per heavy atom. The maximum Gasteiger partial charge on any atom is 0.240 e. The van der Waals surface area contributed by atoms with Crippen LogP contribution in [0.5, 0.6) is 5.75 Å². The minimum atomic E-state index is -3.47. The standard InChI is InChI=1S/C12H20N2O3S/c1-4-14-18(15,16)10-5-6-11(13)12(7-10)17-8-9(2)3/h5-7,9,14H,4,8,13H2,1-3H3. The van der Waals surface area contributed by atoms with Gasteiger partial charge in [0.25, 0.3) is 0 Å². The minimum Gasteiger partial charge on any atom is -0.491 e. The molecule has 0 saturated carbocycles. The molecule has 0 aliphatic carbocycles. The quantitative estimate of drug-likeness (QED) is 0.771. The normalized spacial score (nSPS) is 11.8. The van der Waals surface area contributed by atoms with Crippen LogP contribution in [0.4, 0.5) is 5.69 Å². The van der Waals surface area contributed by atoms with Crippen molar-refractivity contribution in [3.05, 3.63) is 18.2 Å². The second-order valence-corrected chi connectivity index (χ2v) is 6.17. The molecule has 5 nitrogen and oxygen atoms in total. The van der Waals surface area contributed by atoms with Gasteiger partial charge in [0, 0.05) is 12.6 Å². The first-order valence-electron chi connectivity index (χ1n) is 5.88. The molecule has 1 aromatic carbocycles. The van der Waals surface area contributed by atoms with Crippen molar-refractivity contribution in [1.29, 1.82) is 0 Å². The molecule has 6 heteroatoms. The van der Waals surface area contributed by atoms with Gasteiger partial charge in [-0.2, -0.15) is 0 Å². The zero-order valence-electron chi connectivity index (χ0n) is 10.9. The second kappa shape index (κ2) is 6.06. The molecule has 0 radical (unpaired) electrons. The van der Waals surface area contributed by atoms with Gasteiger partial charge < -0.3 is 10.5 Å². The summed E-state index contributed by atoms with van der Waals surface area (Å²) in [5.41, 5.74) is 6.19. The van der Waals surface area contributed by atoms with E-state index in [0.717, 1.165) is 0 Å². The highest BCUT2D eigenvalue weighted by molar-refractivity contribution is 7.89. The van der Waals surface area contributed by atoms with Crippen molar-refractivity contribution in [3.8, 4) is 5.75 Å². The highest BCUT2D eigenvalue weighted by atomic mass is 32.2. The van der Waals surface area contributed by atoms with Gasteiger partial charge in [0.1, 0.15) is 5.75 Å². The van der Waals surface area contributed by atoms with E-state index in [1.54, 1.807) is 13.0 Å². The maximum atomic E-state index is 11.8. The van der Waals surface area contributed by atoms with Crippen molar-refractivity contribution in [1.82, 2.24) is 4.72 Å². The van der Waals surface area contributed by atoms with E-state index in [1.807, 2.05) is 13.8 Å². The van der Waals surface area contributed by atoms with Crippen molar-refractivity contribution >= 4 is 15.7 Å². The van der Waals surface area contributed by atoms with Gasteiger partial charge in [-0.25, -0.2) is 13.1 Å². The Kier molecular flexibility index (Phi) is 4.98. The Bertz CT molecular complexity index is 498. The van der Waals surface area contributed by atoms with E-state index < -0.39 is 10.0 Å². The topological polar surface area (TPSA) is 81.4 Å². The zero-order chi connectivity index (χ0) is 13.8. The number of ether oxygens (including phenoxy) is 1. The second-order valence-electron chi connectivity index (χ2n) is 4.41. The Morgan fingerprint density at radius 1 is 1.39 bits per heavy atom. The molecule has 0 fully saturated rings. The monoisotopic (exact) mass is 272 g/mol. The number of hydrogen-bond acceptors (Lipinski definition) is 4. The van der Waals surface area contributed by atoms with Crippen molar-refractivity contribution < 1.29 is 13.2 Å². The van der Waals surface area contributed by atoms with Crippen LogP contribution < -0.4 is 15.2 Å². The Labute approximate surface area is 108 Å². The first-order chi connectivity index (χ1) is 8.36. The lowest BCUT2D eigenvalue weighted by Crippen LogP contribution is -2.23. The summed E-state index contributed by atoms with van der Waals surface area (Å²) < 4.78 is 31.6. The summed E-state index contributed by atoms with van der Waals surface area (Å²) in [6.07, 6.45) is 0. The first-order valence-corrected chi connectivity index (χ1v) is 7.37. The molecule has 1 aromatic rings. The molecule has 0 atom stereocenters. The zero-order valence-corrected chi connectivity index (χ0v) is 11.8. The molecule has 0 amide bonds. The molecular formula is C12H20N2O3S. The Hall–Kier alpha value is -1.27. The van der Waals surface area contributed by atoms with Crippen LogP contribution in [0, 0.1) is 5.92 Å². The van der Waals surface area contributed by atoms with Gasteiger partial charge in [-0.05, 0) is 18.1 Å². The van der Waals surface area contributed by atoms with Gasteiger partial charge in [0.05, 0.1) is 17.2 Å². The average Bonchev–Trinajstić information content (AvgIpc) is 2.27. The van der Waals surface area contributed by atoms with Gasteiger partial charge in [-0.15, -0.1) is 0 Å². The average molecular weight is 272 g/mol. The SMILES string of the molecule is CCNS(=O)(=O)c1ccc(N)c(OCC(C)C)c1. The largest absolute Gasteiger partial charge is 0.491 e. The number of anilines is 1. The molecule has 0 aromatic heterocycles. The fourth-order valence-electron chi connectivity index (χ4n) is 1.34. The molecule has 0 bridgehead atoms. The highest BCUT2D eigenvalue weighted by Crippen LogP contribution is 2.25. The van der Waals surface area contributed by atoms with Crippen molar-refractivity contribution in [2.75, 3.05) is 18.9 Å². The minimum absolute atomic E-state index is 0.164. The molecule has 1 rings (SSSR count). The third-order valence-electron chi connectivity index (χ3n) is 2.20. The van der Waals surface area contributed by atoms with Gasteiger partial charge in [-0.3, -0.25) is 0 Å². The van der Waals surface area contributed by atoms with E-state index >= 15 is 0 Å². The third kappa shape index (κ3) is 3.89. The molecule has 0 heterocycles. The molecular weight excluding hydrogens is 252 g/mol. The predicted octanol–water partition coefficient (Wildman–Crippen LogP) is 1.60. The molecule has 18 heavy (non-hydrogen) atoms. The summed E-state index contributed by atoms with van der Waals surface area (Å²) in [7, 11) is -3.47. The Balaban J connectivity index is 3.00. The van der Waals surface area contributed by atoms with Crippen LogP contribution in [0.1, 0.15) is 20.8 Å². The summed E-state index contributed by atoms with van der Waals surface area (Å²) in [5, 5.41) is 0. The molecule has 3 N–H and O–H groups in total. The van der Waals surface area contributed by atoms with Crippen LogP contribution in [0.3, 0.4) is 0 Å². The van der Waals surface area contributed by atoms with Crippen LogP contribution in [0.25, 0.3) is 0 Å². The number of benzene rings is 1. The van der Waals surface area contributed by atoms with E-state index in [9.17, 15) is 8.42 Å². The first kappa shape index (κ1) is 14.8. The fraction of sp³-hybridized carbons (Fsp3) is 0.500. The molecule has 102 valence electrons.